The lowest BCUT2D eigenvalue weighted by molar-refractivity contribution is -0.384. The van der Waals surface area contributed by atoms with Crippen molar-refractivity contribution in [2.45, 2.75) is 24.3 Å². The van der Waals surface area contributed by atoms with Crippen molar-refractivity contribution in [2.75, 3.05) is 17.2 Å². The summed E-state index contributed by atoms with van der Waals surface area (Å²) in [5, 5.41) is 21.8. The van der Waals surface area contributed by atoms with Crippen LogP contribution in [0.1, 0.15) is 27.3 Å². The van der Waals surface area contributed by atoms with Crippen molar-refractivity contribution in [1.82, 2.24) is 20.1 Å². The number of para-hydroxylation sites is 1. The fraction of sp³-hybridized carbons (Fsp3) is 0.185. The van der Waals surface area contributed by atoms with E-state index in [1.807, 2.05) is 24.3 Å². The molecular weight excluding hydrogens is 561 g/mol. The number of non-ortho nitro benzene ring substituents is 1. The number of benzene rings is 3. The Kier molecular flexibility index (Phi) is 7.75. The van der Waals surface area contributed by atoms with E-state index in [0.29, 0.717) is 6.54 Å². The van der Waals surface area contributed by atoms with Gasteiger partial charge in [-0.1, -0.05) is 36.0 Å². The molecule has 1 aliphatic heterocycles. The molecule has 10 nitrogen and oxygen atoms in total. The van der Waals surface area contributed by atoms with E-state index < -0.39 is 22.6 Å². The number of nitro groups is 1. The van der Waals surface area contributed by atoms with Gasteiger partial charge in [0.05, 0.1) is 28.5 Å². The molecule has 0 bridgehead atoms. The maximum atomic E-state index is 13.5. The monoisotopic (exact) mass is 582 g/mol. The number of fused-ring (bicyclic) bond motifs is 1. The van der Waals surface area contributed by atoms with Gasteiger partial charge in [0.2, 0.25) is 5.91 Å². The Labute approximate surface area is 235 Å². The molecule has 1 aromatic heterocycles. The first-order valence-electron chi connectivity index (χ1n) is 12.3. The third kappa shape index (κ3) is 6.06. The Hall–Kier alpha value is -4.72. The molecule has 0 saturated carbocycles. The molecule has 0 fully saturated rings. The molecule has 2 amide bonds. The largest absolute Gasteiger partial charge is 0.416 e. The highest BCUT2D eigenvalue weighted by molar-refractivity contribution is 7.99. The van der Waals surface area contributed by atoms with E-state index in [0.717, 1.165) is 41.6 Å². The zero-order valence-corrected chi connectivity index (χ0v) is 22.0. The van der Waals surface area contributed by atoms with Crippen LogP contribution in [0.2, 0.25) is 0 Å². The Morgan fingerprint density at radius 3 is 2.51 bits per heavy atom. The second-order valence-corrected chi connectivity index (χ2v) is 9.92. The molecule has 4 aromatic rings. The van der Waals surface area contributed by atoms with Crippen LogP contribution in [-0.4, -0.2) is 43.8 Å². The van der Waals surface area contributed by atoms with Crippen molar-refractivity contribution >= 4 is 35.0 Å². The number of nitrogens with zero attached hydrogens (tertiary/aromatic N) is 5. The van der Waals surface area contributed by atoms with Gasteiger partial charge in [-0.15, -0.1) is 10.2 Å². The number of anilines is 1. The summed E-state index contributed by atoms with van der Waals surface area (Å²) >= 11 is 1.02. The van der Waals surface area contributed by atoms with Gasteiger partial charge in [0, 0.05) is 29.9 Å². The molecule has 0 atom stereocenters. The van der Waals surface area contributed by atoms with Gasteiger partial charge in [0.25, 0.3) is 11.6 Å². The van der Waals surface area contributed by atoms with Gasteiger partial charge in [0.1, 0.15) is 0 Å². The van der Waals surface area contributed by atoms with Crippen LogP contribution in [0.4, 0.5) is 24.5 Å². The number of carbonyl (C=O) groups is 2. The van der Waals surface area contributed by atoms with Crippen LogP contribution >= 0.6 is 11.8 Å². The van der Waals surface area contributed by atoms with E-state index in [1.54, 1.807) is 4.90 Å². The third-order valence-corrected chi connectivity index (χ3v) is 7.31. The fourth-order valence-corrected chi connectivity index (χ4v) is 5.23. The molecule has 210 valence electrons. The minimum Gasteiger partial charge on any atom is -0.345 e. The number of hydrogen-bond donors (Lipinski definition) is 1. The molecule has 41 heavy (non-hydrogen) atoms. The van der Waals surface area contributed by atoms with Gasteiger partial charge in [0.15, 0.2) is 11.0 Å². The molecule has 14 heteroatoms. The highest BCUT2D eigenvalue weighted by atomic mass is 32.2. The Balaban J connectivity index is 1.38. The Morgan fingerprint density at radius 1 is 1.02 bits per heavy atom. The van der Waals surface area contributed by atoms with Crippen molar-refractivity contribution < 1.29 is 27.7 Å². The third-order valence-electron chi connectivity index (χ3n) is 6.39. The topological polar surface area (TPSA) is 123 Å². The SMILES string of the molecule is O=C(NCc1nnc(SCC(=O)N2CCc3ccccc32)n1-c1cccc(C(F)(F)F)c1)c1ccc([N+](=O)[O-])cc1. The van der Waals surface area contributed by atoms with Crippen LogP contribution in [0, 0.1) is 10.1 Å². The molecule has 0 saturated heterocycles. The summed E-state index contributed by atoms with van der Waals surface area (Å²) in [5.74, 6) is -0.677. The van der Waals surface area contributed by atoms with Crippen LogP contribution in [0.15, 0.2) is 78.0 Å². The number of hydrogen-bond acceptors (Lipinski definition) is 7. The van der Waals surface area contributed by atoms with Gasteiger partial charge in [-0.25, -0.2) is 0 Å². The minimum absolute atomic E-state index is 0.0411. The Morgan fingerprint density at radius 2 is 1.78 bits per heavy atom. The van der Waals surface area contributed by atoms with E-state index >= 15 is 0 Å². The minimum atomic E-state index is -4.60. The maximum absolute atomic E-state index is 13.5. The first-order chi connectivity index (χ1) is 19.6. The summed E-state index contributed by atoms with van der Waals surface area (Å²) in [4.78, 5) is 37.7. The summed E-state index contributed by atoms with van der Waals surface area (Å²) in [5.41, 5.74) is 1.07. The average Bonchev–Trinajstić information content (AvgIpc) is 3.58. The zero-order valence-electron chi connectivity index (χ0n) is 21.2. The van der Waals surface area contributed by atoms with Crippen LogP contribution in [-0.2, 0) is 23.9 Å². The van der Waals surface area contributed by atoms with Gasteiger partial charge in [-0.2, -0.15) is 13.2 Å². The lowest BCUT2D eigenvalue weighted by Gasteiger charge is -2.17. The summed E-state index contributed by atoms with van der Waals surface area (Å²) in [6, 6.07) is 17.1. The number of amides is 2. The number of aromatic nitrogens is 3. The second-order valence-electron chi connectivity index (χ2n) is 8.98. The van der Waals surface area contributed by atoms with Gasteiger partial charge < -0.3 is 10.2 Å². The summed E-state index contributed by atoms with van der Waals surface area (Å²) in [7, 11) is 0. The number of carbonyl (C=O) groups excluding carboxylic acids is 2. The van der Waals surface area contributed by atoms with E-state index in [9.17, 15) is 32.9 Å². The van der Waals surface area contributed by atoms with Gasteiger partial charge in [-0.05, 0) is 48.4 Å². The number of halogens is 3. The zero-order chi connectivity index (χ0) is 29.1. The van der Waals surface area contributed by atoms with E-state index in [2.05, 4.69) is 15.5 Å². The quantitative estimate of drug-likeness (QED) is 0.180. The molecule has 0 spiro atoms. The van der Waals surface area contributed by atoms with Crippen LogP contribution < -0.4 is 10.2 Å². The first-order valence-corrected chi connectivity index (χ1v) is 13.3. The molecule has 5 rings (SSSR count). The number of alkyl halides is 3. The summed E-state index contributed by atoms with van der Waals surface area (Å²) in [6.07, 6.45) is -3.87. The van der Waals surface area contributed by atoms with Crippen molar-refractivity contribution in [3.8, 4) is 5.69 Å². The first kappa shape index (κ1) is 27.8. The molecule has 0 unspecified atom stereocenters. The van der Waals surface area contributed by atoms with Crippen LogP contribution in [0.3, 0.4) is 0 Å². The van der Waals surface area contributed by atoms with E-state index in [-0.39, 0.29) is 46.1 Å². The van der Waals surface area contributed by atoms with Gasteiger partial charge in [-0.3, -0.25) is 24.3 Å². The van der Waals surface area contributed by atoms with Gasteiger partial charge >= 0.3 is 6.18 Å². The smallest absolute Gasteiger partial charge is 0.345 e. The molecular formula is C27H21F3N6O4S. The molecule has 3 aromatic carbocycles. The summed E-state index contributed by atoms with van der Waals surface area (Å²) in [6.45, 7) is 0.312. The summed E-state index contributed by atoms with van der Waals surface area (Å²) < 4.78 is 41.8. The lowest BCUT2D eigenvalue weighted by Crippen LogP contribution is -2.30. The van der Waals surface area contributed by atoms with Crippen molar-refractivity contribution in [2.24, 2.45) is 0 Å². The van der Waals surface area contributed by atoms with E-state index in [1.165, 1.54) is 41.0 Å². The van der Waals surface area contributed by atoms with Crippen molar-refractivity contribution in [3.05, 3.63) is 105 Å². The average molecular weight is 583 g/mol. The van der Waals surface area contributed by atoms with Crippen LogP contribution in [0.25, 0.3) is 5.69 Å². The molecule has 2 heterocycles. The predicted octanol–water partition coefficient (Wildman–Crippen LogP) is 4.81. The highest BCUT2D eigenvalue weighted by Gasteiger charge is 2.31. The fourth-order valence-electron chi connectivity index (χ4n) is 4.39. The van der Waals surface area contributed by atoms with E-state index in [4.69, 9.17) is 0 Å². The molecule has 0 radical (unpaired) electrons. The van der Waals surface area contributed by atoms with Crippen molar-refractivity contribution in [3.63, 3.8) is 0 Å². The normalized spacial score (nSPS) is 12.7. The number of nitrogens with one attached hydrogen (secondary N) is 1. The lowest BCUT2D eigenvalue weighted by atomic mass is 10.2. The number of nitro benzene ring substituents is 1. The molecule has 1 N–H and O–H groups in total. The molecule has 0 aliphatic carbocycles. The van der Waals surface area contributed by atoms with Crippen molar-refractivity contribution in [1.29, 1.82) is 0 Å². The highest BCUT2D eigenvalue weighted by Crippen LogP contribution is 2.32. The maximum Gasteiger partial charge on any atom is 0.416 e. The van der Waals surface area contributed by atoms with Crippen LogP contribution in [0.5, 0.6) is 0 Å². The standard InChI is InChI=1S/C27H21F3N6O4S/c28-27(29,30)19-5-3-6-21(14-19)35-23(15-31-25(38)18-8-10-20(11-9-18)36(39)40)32-33-26(35)41-16-24(37)34-13-12-17-4-1-2-7-22(17)34/h1-11,14H,12-13,15-16H2,(H,31,38). The Bertz CT molecular complexity index is 1620. The number of thioether (sulfide) groups is 1. The predicted molar refractivity (Wildman–Crippen MR) is 144 cm³/mol. The number of rotatable bonds is 8. The second kappa shape index (κ2) is 11.4. The molecule has 1 aliphatic rings.